The van der Waals surface area contributed by atoms with E-state index in [9.17, 15) is 10.1 Å². The normalized spacial score (nSPS) is 13.3. The summed E-state index contributed by atoms with van der Waals surface area (Å²) in [6, 6.07) is 6.96. The van der Waals surface area contributed by atoms with Crippen LogP contribution in [0.5, 0.6) is 0 Å². The zero-order valence-corrected chi connectivity index (χ0v) is 12.0. The standard InChI is InChI=1S/C14H22N2O3/c1-11(9-14(2,3)19-4)15-10-12-6-5-7-13(8-12)16(17)18/h5-8,11,15H,9-10H2,1-4H3. The molecular weight excluding hydrogens is 244 g/mol. The number of hydrogen-bond donors (Lipinski definition) is 1. The van der Waals surface area contributed by atoms with Gasteiger partial charge in [-0.15, -0.1) is 0 Å². The van der Waals surface area contributed by atoms with Gasteiger partial charge in [0.25, 0.3) is 5.69 Å². The Morgan fingerprint density at radius 1 is 1.47 bits per heavy atom. The van der Waals surface area contributed by atoms with E-state index in [0.717, 1.165) is 12.0 Å². The van der Waals surface area contributed by atoms with Crippen LogP contribution < -0.4 is 5.32 Å². The Kier molecular flexibility index (Phi) is 5.44. The molecule has 0 fully saturated rings. The van der Waals surface area contributed by atoms with Gasteiger partial charge in [0.15, 0.2) is 0 Å². The highest BCUT2D eigenvalue weighted by Crippen LogP contribution is 2.16. The summed E-state index contributed by atoms with van der Waals surface area (Å²) in [6.45, 7) is 6.78. The minimum absolute atomic E-state index is 0.129. The van der Waals surface area contributed by atoms with E-state index >= 15 is 0 Å². The third-order valence-corrected chi connectivity index (χ3v) is 3.13. The summed E-state index contributed by atoms with van der Waals surface area (Å²) in [5.74, 6) is 0. The van der Waals surface area contributed by atoms with Gasteiger partial charge < -0.3 is 10.1 Å². The Balaban J connectivity index is 2.52. The molecule has 1 aromatic rings. The lowest BCUT2D eigenvalue weighted by molar-refractivity contribution is -0.384. The van der Waals surface area contributed by atoms with E-state index in [0.29, 0.717) is 6.54 Å². The lowest BCUT2D eigenvalue weighted by atomic mass is 9.99. The SMILES string of the molecule is COC(C)(C)CC(C)NCc1cccc([N+](=O)[O-])c1. The van der Waals surface area contributed by atoms with Crippen LogP contribution >= 0.6 is 0 Å². The summed E-state index contributed by atoms with van der Waals surface area (Å²) in [4.78, 5) is 10.3. The summed E-state index contributed by atoms with van der Waals surface area (Å²) in [5.41, 5.74) is 0.871. The van der Waals surface area contributed by atoms with Gasteiger partial charge in [0.2, 0.25) is 0 Å². The van der Waals surface area contributed by atoms with Crippen LogP contribution in [-0.4, -0.2) is 23.7 Å². The van der Waals surface area contributed by atoms with Gasteiger partial charge in [0, 0.05) is 31.8 Å². The number of hydrogen-bond acceptors (Lipinski definition) is 4. The summed E-state index contributed by atoms with van der Waals surface area (Å²) >= 11 is 0. The molecule has 106 valence electrons. The van der Waals surface area contributed by atoms with E-state index in [2.05, 4.69) is 12.2 Å². The fourth-order valence-corrected chi connectivity index (χ4v) is 1.96. The molecule has 0 saturated carbocycles. The van der Waals surface area contributed by atoms with Crippen LogP contribution in [0.25, 0.3) is 0 Å². The predicted octanol–water partition coefficient (Wildman–Crippen LogP) is 2.89. The van der Waals surface area contributed by atoms with Crippen LogP contribution in [0, 0.1) is 10.1 Å². The monoisotopic (exact) mass is 266 g/mol. The van der Waals surface area contributed by atoms with E-state index in [4.69, 9.17) is 4.74 Å². The molecule has 0 spiro atoms. The van der Waals surface area contributed by atoms with Crippen molar-refractivity contribution in [2.24, 2.45) is 0 Å². The van der Waals surface area contributed by atoms with Crippen LogP contribution in [-0.2, 0) is 11.3 Å². The highest BCUT2D eigenvalue weighted by atomic mass is 16.6. The Labute approximate surface area is 114 Å². The lowest BCUT2D eigenvalue weighted by Crippen LogP contribution is -2.35. The lowest BCUT2D eigenvalue weighted by Gasteiger charge is -2.27. The number of nitrogens with zero attached hydrogens (tertiary/aromatic N) is 1. The Bertz CT molecular complexity index is 432. The van der Waals surface area contributed by atoms with Crippen LogP contribution in [0.3, 0.4) is 0 Å². The van der Waals surface area contributed by atoms with Gasteiger partial charge in [-0.2, -0.15) is 0 Å². The topological polar surface area (TPSA) is 64.4 Å². The molecule has 0 bridgehead atoms. The van der Waals surface area contributed by atoms with Gasteiger partial charge in [-0.25, -0.2) is 0 Å². The number of non-ortho nitro benzene ring substituents is 1. The summed E-state index contributed by atoms with van der Waals surface area (Å²) in [5, 5.41) is 14.0. The molecule has 0 aliphatic heterocycles. The molecule has 19 heavy (non-hydrogen) atoms. The van der Waals surface area contributed by atoms with Crippen molar-refractivity contribution in [2.75, 3.05) is 7.11 Å². The Morgan fingerprint density at radius 2 is 2.16 bits per heavy atom. The first-order valence-electron chi connectivity index (χ1n) is 6.36. The van der Waals surface area contributed by atoms with Crippen molar-refractivity contribution in [3.63, 3.8) is 0 Å². The van der Waals surface area contributed by atoms with Crippen molar-refractivity contribution in [1.29, 1.82) is 0 Å². The van der Waals surface area contributed by atoms with Crippen LogP contribution in [0.2, 0.25) is 0 Å². The number of methoxy groups -OCH3 is 1. The van der Waals surface area contributed by atoms with Crippen LogP contribution in [0.1, 0.15) is 32.8 Å². The van der Waals surface area contributed by atoms with Gasteiger partial charge in [-0.3, -0.25) is 10.1 Å². The van der Waals surface area contributed by atoms with Crippen molar-refractivity contribution >= 4 is 5.69 Å². The molecule has 0 heterocycles. The number of benzene rings is 1. The van der Waals surface area contributed by atoms with E-state index in [1.54, 1.807) is 19.2 Å². The molecule has 0 aliphatic carbocycles. The van der Waals surface area contributed by atoms with Crippen molar-refractivity contribution < 1.29 is 9.66 Å². The predicted molar refractivity (Wildman–Crippen MR) is 75.1 cm³/mol. The van der Waals surface area contributed by atoms with Gasteiger partial charge in [-0.05, 0) is 32.8 Å². The number of rotatable bonds is 7. The largest absolute Gasteiger partial charge is 0.379 e. The average molecular weight is 266 g/mol. The highest BCUT2D eigenvalue weighted by molar-refractivity contribution is 5.34. The van der Waals surface area contributed by atoms with Gasteiger partial charge >= 0.3 is 0 Å². The molecule has 1 atom stereocenters. The van der Waals surface area contributed by atoms with Crippen LogP contribution in [0.15, 0.2) is 24.3 Å². The summed E-state index contributed by atoms with van der Waals surface area (Å²) < 4.78 is 5.38. The van der Waals surface area contributed by atoms with Gasteiger partial charge in [-0.1, -0.05) is 12.1 Å². The third-order valence-electron chi connectivity index (χ3n) is 3.13. The molecule has 1 aromatic carbocycles. The minimum Gasteiger partial charge on any atom is -0.379 e. The number of nitro benzene ring substituents is 1. The molecule has 1 rings (SSSR count). The fourth-order valence-electron chi connectivity index (χ4n) is 1.96. The first kappa shape index (κ1) is 15.6. The molecule has 0 aliphatic rings. The van der Waals surface area contributed by atoms with E-state index in [1.807, 2.05) is 19.9 Å². The molecule has 0 amide bonds. The van der Waals surface area contributed by atoms with Crippen molar-refractivity contribution in [3.05, 3.63) is 39.9 Å². The maximum absolute atomic E-state index is 10.7. The van der Waals surface area contributed by atoms with E-state index in [1.165, 1.54) is 6.07 Å². The second kappa shape index (κ2) is 6.63. The number of nitro groups is 1. The van der Waals surface area contributed by atoms with Crippen molar-refractivity contribution in [2.45, 2.75) is 45.4 Å². The van der Waals surface area contributed by atoms with Gasteiger partial charge in [0.05, 0.1) is 10.5 Å². The number of nitrogens with one attached hydrogen (secondary N) is 1. The summed E-state index contributed by atoms with van der Waals surface area (Å²) in [6.07, 6.45) is 0.873. The first-order chi connectivity index (χ1) is 8.84. The molecule has 1 N–H and O–H groups in total. The second-order valence-corrected chi connectivity index (χ2v) is 5.38. The molecule has 0 aromatic heterocycles. The van der Waals surface area contributed by atoms with E-state index < -0.39 is 0 Å². The maximum atomic E-state index is 10.7. The van der Waals surface area contributed by atoms with Crippen molar-refractivity contribution in [3.8, 4) is 0 Å². The minimum atomic E-state index is -0.374. The number of ether oxygens (including phenoxy) is 1. The highest BCUT2D eigenvalue weighted by Gasteiger charge is 2.19. The maximum Gasteiger partial charge on any atom is 0.269 e. The Morgan fingerprint density at radius 3 is 2.74 bits per heavy atom. The fraction of sp³-hybridized carbons (Fsp3) is 0.571. The zero-order valence-electron chi connectivity index (χ0n) is 12.0. The average Bonchev–Trinajstić information content (AvgIpc) is 2.36. The zero-order chi connectivity index (χ0) is 14.5. The van der Waals surface area contributed by atoms with Crippen LogP contribution in [0.4, 0.5) is 5.69 Å². The molecule has 1 unspecified atom stereocenters. The molecular formula is C14H22N2O3. The first-order valence-corrected chi connectivity index (χ1v) is 6.36. The van der Waals surface area contributed by atoms with E-state index in [-0.39, 0.29) is 22.3 Å². The molecule has 5 heteroatoms. The van der Waals surface area contributed by atoms with Gasteiger partial charge in [0.1, 0.15) is 0 Å². The summed E-state index contributed by atoms with van der Waals surface area (Å²) in [7, 11) is 1.70. The quantitative estimate of drug-likeness (QED) is 0.609. The van der Waals surface area contributed by atoms with Crippen molar-refractivity contribution in [1.82, 2.24) is 5.32 Å². The second-order valence-electron chi connectivity index (χ2n) is 5.38. The molecule has 5 nitrogen and oxygen atoms in total. The molecule has 0 radical (unpaired) electrons. The smallest absolute Gasteiger partial charge is 0.269 e. The molecule has 0 saturated heterocycles. The Hall–Kier alpha value is -1.46. The third kappa shape index (κ3) is 5.36.